The number of nitrogens with one attached hydrogen (secondary N) is 2. The Labute approximate surface area is 173 Å². The number of carbonyl (C=O) groups is 1. The quantitative estimate of drug-likeness (QED) is 0.473. The summed E-state index contributed by atoms with van der Waals surface area (Å²) >= 11 is 1.25. The number of fused-ring (bicyclic) bond motifs is 1. The number of H-pyrrole nitrogens is 1. The Balaban J connectivity index is 1.47. The molecule has 1 aliphatic heterocycles. The predicted molar refractivity (Wildman–Crippen MR) is 110 cm³/mol. The van der Waals surface area contributed by atoms with Gasteiger partial charge in [-0.15, -0.1) is 0 Å². The van der Waals surface area contributed by atoms with Crippen LogP contribution in [0.1, 0.15) is 6.42 Å². The maximum atomic E-state index is 12.2. The fourth-order valence-corrected chi connectivity index (χ4v) is 4.57. The molecule has 0 bridgehead atoms. The van der Waals surface area contributed by atoms with E-state index in [1.807, 2.05) is 0 Å². The standard InChI is InChI=1S/C16H24N6O5S2/c1-20-13-12(14(24)21(2)16(20)25)17-15(18-13)28-9-3-11(23)19-29(26)10-6-22-4-7-27-8-5-22/h3-10H2,1-2H3,(H,17,18)(H,19,23). The molecule has 3 heterocycles. The number of imidazole rings is 1. The Bertz CT molecular complexity index is 1020. The molecule has 0 saturated carbocycles. The van der Waals surface area contributed by atoms with E-state index in [-0.39, 0.29) is 23.5 Å². The minimum absolute atomic E-state index is 0.155. The molecule has 1 atom stereocenters. The average molecular weight is 445 g/mol. The van der Waals surface area contributed by atoms with Gasteiger partial charge in [0.1, 0.15) is 11.0 Å². The molecule has 0 radical (unpaired) electrons. The van der Waals surface area contributed by atoms with E-state index in [0.717, 1.165) is 17.7 Å². The topological polar surface area (TPSA) is 131 Å². The molecule has 1 unspecified atom stereocenters. The Morgan fingerprint density at radius 1 is 1.28 bits per heavy atom. The lowest BCUT2D eigenvalue weighted by Crippen LogP contribution is -2.40. The third-order valence-electron chi connectivity index (χ3n) is 4.57. The first-order valence-corrected chi connectivity index (χ1v) is 11.4. The highest BCUT2D eigenvalue weighted by Gasteiger charge is 2.15. The number of aryl methyl sites for hydroxylation is 1. The van der Waals surface area contributed by atoms with Crippen LogP contribution in [0.25, 0.3) is 11.2 Å². The van der Waals surface area contributed by atoms with Crippen molar-refractivity contribution in [1.29, 1.82) is 0 Å². The van der Waals surface area contributed by atoms with Crippen molar-refractivity contribution >= 4 is 39.8 Å². The molecule has 0 aliphatic carbocycles. The van der Waals surface area contributed by atoms with Crippen LogP contribution in [-0.4, -0.2) is 78.5 Å². The molecule has 2 aromatic rings. The maximum Gasteiger partial charge on any atom is 0.332 e. The van der Waals surface area contributed by atoms with Crippen molar-refractivity contribution in [2.75, 3.05) is 44.4 Å². The number of hydrogen-bond acceptors (Lipinski definition) is 8. The van der Waals surface area contributed by atoms with Crippen LogP contribution >= 0.6 is 11.8 Å². The summed E-state index contributed by atoms with van der Waals surface area (Å²) < 4.78 is 22.1. The van der Waals surface area contributed by atoms with Crippen LogP contribution in [-0.2, 0) is 34.6 Å². The number of hydrogen-bond donors (Lipinski definition) is 2. The number of morpholine rings is 1. The Hall–Kier alpha value is -1.96. The number of amides is 1. The zero-order valence-electron chi connectivity index (χ0n) is 16.3. The minimum atomic E-state index is -1.42. The summed E-state index contributed by atoms with van der Waals surface area (Å²) in [7, 11) is 1.52. The van der Waals surface area contributed by atoms with Gasteiger partial charge in [0.05, 0.1) is 19.0 Å². The zero-order chi connectivity index (χ0) is 21.0. The van der Waals surface area contributed by atoms with E-state index in [2.05, 4.69) is 19.6 Å². The largest absolute Gasteiger partial charge is 0.379 e. The molecular formula is C16H24N6O5S2. The SMILES string of the molecule is Cn1c(=O)c2[nH]c(SCCC(=O)NS(=O)CCN3CCOCC3)nc2n(C)c1=O. The van der Waals surface area contributed by atoms with Gasteiger partial charge < -0.3 is 9.72 Å². The van der Waals surface area contributed by atoms with Gasteiger partial charge in [0.15, 0.2) is 16.3 Å². The molecule has 160 valence electrons. The van der Waals surface area contributed by atoms with Crippen molar-refractivity contribution in [2.24, 2.45) is 14.1 Å². The van der Waals surface area contributed by atoms with Gasteiger partial charge in [-0.05, 0) is 0 Å². The Morgan fingerprint density at radius 2 is 2.00 bits per heavy atom. The first-order valence-electron chi connectivity index (χ1n) is 9.13. The molecule has 1 fully saturated rings. The van der Waals surface area contributed by atoms with Crippen molar-refractivity contribution < 1.29 is 13.7 Å². The summed E-state index contributed by atoms with van der Waals surface area (Å²) in [5, 5.41) is 0.444. The van der Waals surface area contributed by atoms with Crippen molar-refractivity contribution in [1.82, 2.24) is 28.7 Å². The van der Waals surface area contributed by atoms with Crippen LogP contribution in [0.4, 0.5) is 0 Å². The number of aromatic amines is 1. The normalized spacial score (nSPS) is 16.2. The van der Waals surface area contributed by atoms with Crippen molar-refractivity contribution in [3.8, 4) is 0 Å². The number of ether oxygens (including phenoxy) is 1. The van der Waals surface area contributed by atoms with Gasteiger partial charge >= 0.3 is 5.69 Å². The minimum Gasteiger partial charge on any atom is -0.379 e. The van der Waals surface area contributed by atoms with E-state index in [0.29, 0.717) is 36.4 Å². The van der Waals surface area contributed by atoms with Crippen molar-refractivity contribution in [3.05, 3.63) is 20.8 Å². The summed E-state index contributed by atoms with van der Waals surface area (Å²) in [5.41, 5.74) is -0.389. The molecule has 29 heavy (non-hydrogen) atoms. The number of nitrogens with zero attached hydrogens (tertiary/aromatic N) is 4. The number of rotatable bonds is 8. The van der Waals surface area contributed by atoms with Gasteiger partial charge in [-0.1, -0.05) is 11.8 Å². The molecule has 2 N–H and O–H groups in total. The lowest BCUT2D eigenvalue weighted by Gasteiger charge is -2.26. The van der Waals surface area contributed by atoms with Gasteiger partial charge in [-0.2, -0.15) is 0 Å². The van der Waals surface area contributed by atoms with E-state index >= 15 is 0 Å². The van der Waals surface area contributed by atoms with E-state index in [1.165, 1.54) is 23.4 Å². The van der Waals surface area contributed by atoms with Crippen LogP contribution in [0.5, 0.6) is 0 Å². The fraction of sp³-hybridized carbons (Fsp3) is 0.625. The second-order valence-electron chi connectivity index (χ2n) is 6.57. The molecule has 0 spiro atoms. The van der Waals surface area contributed by atoms with Gasteiger partial charge in [0.25, 0.3) is 5.56 Å². The van der Waals surface area contributed by atoms with Crippen LogP contribution in [0, 0.1) is 0 Å². The van der Waals surface area contributed by atoms with E-state index < -0.39 is 22.2 Å². The second kappa shape index (κ2) is 9.69. The predicted octanol–water partition coefficient (Wildman–Crippen LogP) is -1.45. The second-order valence-corrected chi connectivity index (χ2v) is 8.96. The molecule has 1 saturated heterocycles. The number of thioether (sulfide) groups is 1. The van der Waals surface area contributed by atoms with Gasteiger partial charge in [0.2, 0.25) is 5.91 Å². The molecular weight excluding hydrogens is 420 g/mol. The summed E-state index contributed by atoms with van der Waals surface area (Å²) in [4.78, 5) is 45.4. The highest BCUT2D eigenvalue weighted by molar-refractivity contribution is 7.99. The maximum absolute atomic E-state index is 12.2. The Kier molecular flexibility index (Phi) is 7.27. The third kappa shape index (κ3) is 5.35. The van der Waals surface area contributed by atoms with Crippen molar-refractivity contribution in [3.63, 3.8) is 0 Å². The summed E-state index contributed by atoms with van der Waals surface area (Å²) in [6.45, 7) is 3.64. The smallest absolute Gasteiger partial charge is 0.332 e. The molecule has 1 amide bonds. The molecule has 0 aromatic carbocycles. The molecule has 1 aliphatic rings. The van der Waals surface area contributed by atoms with Gasteiger partial charge in [0, 0.05) is 45.9 Å². The van der Waals surface area contributed by atoms with E-state index in [4.69, 9.17) is 4.74 Å². The summed E-state index contributed by atoms with van der Waals surface area (Å²) in [5.74, 6) is 0.456. The first-order chi connectivity index (χ1) is 13.9. The zero-order valence-corrected chi connectivity index (χ0v) is 17.9. The van der Waals surface area contributed by atoms with Crippen LogP contribution < -0.4 is 16.0 Å². The number of aromatic nitrogens is 4. The van der Waals surface area contributed by atoms with Crippen LogP contribution in [0.2, 0.25) is 0 Å². The van der Waals surface area contributed by atoms with Crippen LogP contribution in [0.3, 0.4) is 0 Å². The van der Waals surface area contributed by atoms with E-state index in [9.17, 15) is 18.6 Å². The first kappa shape index (κ1) is 21.7. The highest BCUT2D eigenvalue weighted by Crippen LogP contribution is 2.17. The van der Waals surface area contributed by atoms with E-state index in [1.54, 1.807) is 7.05 Å². The highest BCUT2D eigenvalue weighted by atomic mass is 32.2. The molecule has 13 heteroatoms. The molecule has 11 nitrogen and oxygen atoms in total. The van der Waals surface area contributed by atoms with Gasteiger partial charge in [-0.25, -0.2) is 14.0 Å². The monoisotopic (exact) mass is 444 g/mol. The summed E-state index contributed by atoms with van der Waals surface area (Å²) in [6, 6.07) is 0. The summed E-state index contributed by atoms with van der Waals surface area (Å²) in [6.07, 6.45) is 0.155. The molecule has 2 aromatic heterocycles. The lowest BCUT2D eigenvalue weighted by atomic mass is 10.4. The average Bonchev–Trinajstić information content (AvgIpc) is 3.14. The molecule has 3 rings (SSSR count). The number of carbonyl (C=O) groups excluding carboxylic acids is 1. The van der Waals surface area contributed by atoms with Gasteiger partial charge in [-0.3, -0.25) is 28.3 Å². The van der Waals surface area contributed by atoms with Crippen LogP contribution in [0.15, 0.2) is 14.7 Å². The third-order valence-corrected chi connectivity index (χ3v) is 6.45. The Morgan fingerprint density at radius 3 is 2.72 bits per heavy atom. The lowest BCUT2D eigenvalue weighted by molar-refractivity contribution is -0.118. The van der Waals surface area contributed by atoms with Crippen molar-refractivity contribution in [2.45, 2.75) is 11.6 Å². The fourth-order valence-electron chi connectivity index (χ4n) is 2.88.